The monoisotopic (exact) mass is 251 g/mol. The van der Waals surface area contributed by atoms with E-state index in [9.17, 15) is 0 Å². The lowest BCUT2D eigenvalue weighted by Gasteiger charge is -2.19. The normalized spacial score (nSPS) is 10.7. The van der Waals surface area contributed by atoms with Gasteiger partial charge in [0.05, 0.1) is 18.0 Å². The number of nitrogens with one attached hydrogen (secondary N) is 1. The molecule has 0 aliphatic carbocycles. The Kier molecular flexibility index (Phi) is 6.36. The molecule has 18 heavy (non-hydrogen) atoms. The van der Waals surface area contributed by atoms with E-state index in [2.05, 4.69) is 24.1 Å². The van der Waals surface area contributed by atoms with E-state index in [1.165, 1.54) is 0 Å². The number of hydrogen-bond acceptors (Lipinski definition) is 4. The Morgan fingerprint density at radius 1 is 1.22 bits per heavy atom. The molecule has 0 unspecified atom stereocenters. The number of ether oxygens (including phenoxy) is 1. The number of nitrogens with two attached hydrogens (primary N) is 1. The van der Waals surface area contributed by atoms with Gasteiger partial charge in [-0.05, 0) is 32.1 Å². The summed E-state index contributed by atoms with van der Waals surface area (Å²) in [4.78, 5) is 2.37. The largest absolute Gasteiger partial charge is 0.492 e. The van der Waals surface area contributed by atoms with Crippen LogP contribution in [0.5, 0.6) is 5.75 Å². The molecule has 0 atom stereocenters. The molecule has 102 valence electrons. The molecule has 0 spiro atoms. The molecule has 0 aliphatic heterocycles. The van der Waals surface area contributed by atoms with Crippen molar-refractivity contribution in [3.63, 3.8) is 0 Å². The van der Waals surface area contributed by atoms with Crippen LogP contribution in [0.25, 0.3) is 0 Å². The van der Waals surface area contributed by atoms with Gasteiger partial charge in [0.2, 0.25) is 0 Å². The second-order valence-electron chi connectivity index (χ2n) is 4.10. The molecule has 0 saturated carbocycles. The molecular formula is C14H25N3O. The zero-order chi connectivity index (χ0) is 13.4. The van der Waals surface area contributed by atoms with E-state index in [-0.39, 0.29) is 0 Å². The number of nitrogen functional groups attached to an aromatic ring is 1. The Hall–Kier alpha value is -1.42. The minimum Gasteiger partial charge on any atom is -0.492 e. The highest BCUT2D eigenvalue weighted by Gasteiger charge is 2.05. The number of para-hydroxylation sites is 1. The fourth-order valence-corrected chi connectivity index (χ4v) is 1.87. The molecule has 4 nitrogen and oxygen atoms in total. The topological polar surface area (TPSA) is 50.5 Å². The Morgan fingerprint density at radius 2 is 1.94 bits per heavy atom. The van der Waals surface area contributed by atoms with Gasteiger partial charge in [0.15, 0.2) is 0 Å². The van der Waals surface area contributed by atoms with Crippen LogP contribution in [0, 0.1) is 0 Å². The number of nitrogens with zero attached hydrogens (tertiary/aromatic N) is 1. The summed E-state index contributed by atoms with van der Waals surface area (Å²) in [7, 11) is 0. The molecule has 0 bridgehead atoms. The lowest BCUT2D eigenvalue weighted by atomic mass is 10.2. The van der Waals surface area contributed by atoms with Crippen LogP contribution in [-0.2, 0) is 0 Å². The molecule has 0 aliphatic rings. The molecule has 0 heterocycles. The maximum atomic E-state index is 6.05. The number of likely N-dealkylation sites (N-methyl/N-ethyl adjacent to an activating group) is 1. The van der Waals surface area contributed by atoms with E-state index in [4.69, 9.17) is 10.5 Å². The number of rotatable bonds is 8. The fourth-order valence-electron chi connectivity index (χ4n) is 1.87. The second-order valence-corrected chi connectivity index (χ2v) is 4.10. The highest BCUT2D eigenvalue weighted by molar-refractivity contribution is 5.72. The van der Waals surface area contributed by atoms with Crippen LogP contribution in [0.15, 0.2) is 18.2 Å². The Labute approximate surface area is 110 Å². The van der Waals surface area contributed by atoms with Gasteiger partial charge in [0.25, 0.3) is 0 Å². The van der Waals surface area contributed by atoms with Crippen molar-refractivity contribution < 1.29 is 4.74 Å². The first-order valence-electron chi connectivity index (χ1n) is 6.70. The van der Waals surface area contributed by atoms with Crippen molar-refractivity contribution in [2.24, 2.45) is 0 Å². The molecule has 1 aromatic rings. The van der Waals surface area contributed by atoms with Crippen LogP contribution in [-0.4, -0.2) is 37.7 Å². The average Bonchev–Trinajstić information content (AvgIpc) is 2.39. The van der Waals surface area contributed by atoms with Gasteiger partial charge in [-0.15, -0.1) is 0 Å². The van der Waals surface area contributed by atoms with Crippen molar-refractivity contribution in [3.05, 3.63) is 18.2 Å². The molecular weight excluding hydrogens is 226 g/mol. The molecule has 4 heteroatoms. The molecule has 1 aromatic carbocycles. The van der Waals surface area contributed by atoms with Crippen molar-refractivity contribution in [1.82, 2.24) is 4.90 Å². The lowest BCUT2D eigenvalue weighted by molar-refractivity contribution is 0.316. The minimum atomic E-state index is 0.632. The summed E-state index contributed by atoms with van der Waals surface area (Å²) in [6.07, 6.45) is 0. The quantitative estimate of drug-likeness (QED) is 0.697. The van der Waals surface area contributed by atoms with Crippen LogP contribution < -0.4 is 15.8 Å². The van der Waals surface area contributed by atoms with Crippen LogP contribution in [0.2, 0.25) is 0 Å². The molecule has 1 rings (SSSR count). The van der Waals surface area contributed by atoms with Gasteiger partial charge in [0, 0.05) is 13.1 Å². The number of benzene rings is 1. The van der Waals surface area contributed by atoms with Crippen molar-refractivity contribution in [2.45, 2.75) is 20.8 Å². The van der Waals surface area contributed by atoms with E-state index in [1.807, 2.05) is 25.1 Å². The minimum absolute atomic E-state index is 0.632. The lowest BCUT2D eigenvalue weighted by Crippen LogP contribution is -2.28. The van der Waals surface area contributed by atoms with Gasteiger partial charge >= 0.3 is 0 Å². The van der Waals surface area contributed by atoms with Crippen LogP contribution >= 0.6 is 0 Å². The summed E-state index contributed by atoms with van der Waals surface area (Å²) < 4.78 is 5.47. The third-order valence-electron chi connectivity index (χ3n) is 3.00. The zero-order valence-corrected chi connectivity index (χ0v) is 11.7. The predicted molar refractivity (Wildman–Crippen MR) is 78.3 cm³/mol. The maximum Gasteiger partial charge on any atom is 0.144 e. The molecule has 0 aromatic heterocycles. The number of hydrogen-bond donors (Lipinski definition) is 2. The zero-order valence-electron chi connectivity index (χ0n) is 11.7. The predicted octanol–water partition coefficient (Wildman–Crippen LogP) is 2.42. The summed E-state index contributed by atoms with van der Waals surface area (Å²) >= 11 is 0. The Bertz CT molecular complexity index is 351. The van der Waals surface area contributed by atoms with Gasteiger partial charge in [-0.2, -0.15) is 0 Å². The summed E-state index contributed by atoms with van der Waals surface area (Å²) in [6, 6.07) is 5.84. The van der Waals surface area contributed by atoms with Crippen molar-refractivity contribution >= 4 is 11.4 Å². The maximum absolute atomic E-state index is 6.05. The molecule has 0 radical (unpaired) electrons. The first-order chi connectivity index (χ1) is 8.72. The standard InChI is InChI=1S/C14H25N3O/c1-4-17(5-2)11-10-16-12-8-7-9-13(14(12)15)18-6-3/h7-9,16H,4-6,10-11,15H2,1-3H3. The van der Waals surface area contributed by atoms with Gasteiger partial charge in [-0.1, -0.05) is 19.9 Å². The smallest absolute Gasteiger partial charge is 0.144 e. The fraction of sp³-hybridized carbons (Fsp3) is 0.571. The van der Waals surface area contributed by atoms with Gasteiger partial charge in [-0.3, -0.25) is 0 Å². The molecule has 0 amide bonds. The van der Waals surface area contributed by atoms with Gasteiger partial charge in [0.1, 0.15) is 5.75 Å². The Morgan fingerprint density at radius 3 is 2.56 bits per heavy atom. The summed E-state index contributed by atoms with van der Waals surface area (Å²) in [6.45, 7) is 11.0. The van der Waals surface area contributed by atoms with Crippen molar-refractivity contribution in [3.8, 4) is 5.75 Å². The highest BCUT2D eigenvalue weighted by atomic mass is 16.5. The van der Waals surface area contributed by atoms with E-state index in [1.54, 1.807) is 0 Å². The second kappa shape index (κ2) is 7.82. The van der Waals surface area contributed by atoms with E-state index in [0.29, 0.717) is 12.3 Å². The first kappa shape index (κ1) is 14.6. The van der Waals surface area contributed by atoms with Crippen molar-refractivity contribution in [2.75, 3.05) is 43.8 Å². The van der Waals surface area contributed by atoms with E-state index < -0.39 is 0 Å². The van der Waals surface area contributed by atoms with Crippen molar-refractivity contribution in [1.29, 1.82) is 0 Å². The number of anilines is 2. The third-order valence-corrected chi connectivity index (χ3v) is 3.00. The molecule has 0 fully saturated rings. The van der Waals surface area contributed by atoms with Gasteiger partial charge in [-0.25, -0.2) is 0 Å². The molecule has 3 N–H and O–H groups in total. The first-order valence-corrected chi connectivity index (χ1v) is 6.70. The van der Waals surface area contributed by atoms with E-state index >= 15 is 0 Å². The highest BCUT2D eigenvalue weighted by Crippen LogP contribution is 2.29. The average molecular weight is 251 g/mol. The van der Waals surface area contributed by atoms with Crippen LogP contribution in [0.3, 0.4) is 0 Å². The van der Waals surface area contributed by atoms with Crippen LogP contribution in [0.4, 0.5) is 11.4 Å². The van der Waals surface area contributed by atoms with E-state index in [0.717, 1.165) is 37.6 Å². The third kappa shape index (κ3) is 4.11. The summed E-state index contributed by atoms with van der Waals surface area (Å²) in [5.41, 5.74) is 7.70. The van der Waals surface area contributed by atoms with Gasteiger partial charge < -0.3 is 20.7 Å². The summed E-state index contributed by atoms with van der Waals surface area (Å²) in [5.74, 6) is 0.755. The van der Waals surface area contributed by atoms with Crippen LogP contribution in [0.1, 0.15) is 20.8 Å². The Balaban J connectivity index is 2.54. The molecule has 0 saturated heterocycles. The SMILES string of the molecule is CCOc1cccc(NCCN(CC)CC)c1N. The summed E-state index contributed by atoms with van der Waals surface area (Å²) in [5, 5.41) is 3.36.